The van der Waals surface area contributed by atoms with E-state index < -0.39 is 148 Å². The molecule has 0 saturated carbocycles. The summed E-state index contributed by atoms with van der Waals surface area (Å²) >= 11 is 0. The van der Waals surface area contributed by atoms with Crippen molar-refractivity contribution in [1.82, 2.24) is 10.6 Å². The molecule has 524 valence electrons. The number of hydrogen-bond acceptors (Lipinski definition) is 20. The van der Waals surface area contributed by atoms with Crippen LogP contribution in [-0.2, 0) is 42.8 Å². The number of rotatable bonds is 53. The molecule has 2 amide bonds. The van der Waals surface area contributed by atoms with Crippen LogP contribution in [0.25, 0.3) is 0 Å². The highest BCUT2D eigenvalue weighted by Crippen LogP contribution is 2.39. The van der Waals surface area contributed by atoms with E-state index in [0.29, 0.717) is 19.3 Å². The topological polar surface area (TPSA) is 373 Å². The van der Waals surface area contributed by atoms with E-state index in [1.807, 2.05) is 0 Å². The first-order chi connectivity index (χ1) is 42.9. The number of hydrogen-bond donors (Lipinski definition) is 14. The van der Waals surface area contributed by atoms with Gasteiger partial charge < -0.3 is 100 Å². The molecule has 0 aromatic rings. The first-order valence-electron chi connectivity index (χ1n) is 34.9. The van der Waals surface area contributed by atoms with Crippen molar-refractivity contribution in [2.75, 3.05) is 26.4 Å². The van der Waals surface area contributed by atoms with Crippen molar-refractivity contribution in [2.24, 2.45) is 0 Å². The summed E-state index contributed by atoms with van der Waals surface area (Å²) in [6, 6.07) is -2.52. The van der Waals surface area contributed by atoms with E-state index in [1.54, 1.807) is 0 Å². The van der Waals surface area contributed by atoms with Gasteiger partial charge in [-0.3, -0.25) is 9.59 Å². The second-order valence-corrected chi connectivity index (χ2v) is 25.8. The number of carboxylic acids is 1. The van der Waals surface area contributed by atoms with Crippen LogP contribution in [0.5, 0.6) is 0 Å². The van der Waals surface area contributed by atoms with Gasteiger partial charge in [-0.15, -0.1) is 0 Å². The summed E-state index contributed by atoms with van der Waals surface area (Å²) in [7, 11) is 0. The molecule has 3 heterocycles. The van der Waals surface area contributed by atoms with Crippen molar-refractivity contribution >= 4 is 17.8 Å². The summed E-state index contributed by atoms with van der Waals surface area (Å²) in [4.78, 5) is 38.5. The lowest BCUT2D eigenvalue weighted by molar-refractivity contribution is -0.386. The van der Waals surface area contributed by atoms with Crippen molar-refractivity contribution in [3.8, 4) is 0 Å². The van der Waals surface area contributed by atoms with E-state index in [4.69, 9.17) is 28.4 Å². The molecule has 0 aliphatic carbocycles. The van der Waals surface area contributed by atoms with Crippen LogP contribution >= 0.6 is 0 Å². The molecule has 23 nitrogen and oxygen atoms in total. The molecule has 0 radical (unpaired) electrons. The largest absolute Gasteiger partial charge is 0.477 e. The number of aliphatic hydroxyl groups excluding tert-OH is 11. The normalized spacial score (nSPS) is 28.7. The Hall–Kier alpha value is -2.27. The van der Waals surface area contributed by atoms with E-state index in [-0.39, 0.29) is 18.9 Å². The maximum absolute atomic E-state index is 13.4. The Morgan fingerprint density at radius 2 is 0.978 bits per heavy atom. The third-order valence-electron chi connectivity index (χ3n) is 18.1. The molecule has 0 spiro atoms. The maximum atomic E-state index is 13.4. The van der Waals surface area contributed by atoms with Gasteiger partial charge in [0.2, 0.25) is 11.8 Å². The first-order valence-corrected chi connectivity index (χ1v) is 34.9. The zero-order valence-electron chi connectivity index (χ0n) is 54.6. The molecule has 18 atom stereocenters. The first kappa shape index (κ1) is 81.0. The highest BCUT2D eigenvalue weighted by molar-refractivity contribution is 5.77. The van der Waals surface area contributed by atoms with Crippen LogP contribution in [0.2, 0.25) is 0 Å². The Balaban J connectivity index is 1.59. The van der Waals surface area contributed by atoms with Crippen molar-refractivity contribution in [3.63, 3.8) is 0 Å². The van der Waals surface area contributed by atoms with E-state index in [9.17, 15) is 75.7 Å². The zero-order chi connectivity index (χ0) is 65.4. The van der Waals surface area contributed by atoms with Crippen LogP contribution in [0, 0.1) is 0 Å². The third kappa shape index (κ3) is 30.3. The summed E-state index contributed by atoms with van der Waals surface area (Å²) < 4.78 is 34.9. The molecular weight excluding hydrogens is 1160 g/mol. The number of carboxylic acid groups (broad SMARTS) is 1. The van der Waals surface area contributed by atoms with Gasteiger partial charge in [-0.05, 0) is 12.8 Å². The molecule has 0 aromatic heterocycles. The molecule has 18 unspecified atom stereocenters. The van der Waals surface area contributed by atoms with Crippen molar-refractivity contribution < 1.29 is 104 Å². The molecule has 0 bridgehead atoms. The number of aliphatic hydroxyl groups is 11. The highest BCUT2D eigenvalue weighted by Gasteiger charge is 2.60. The Bertz CT molecular complexity index is 1810. The van der Waals surface area contributed by atoms with Crippen LogP contribution in [0.3, 0.4) is 0 Å². The summed E-state index contributed by atoms with van der Waals surface area (Å²) in [5, 5.41) is 136. The maximum Gasteiger partial charge on any atom is 0.364 e. The Morgan fingerprint density at radius 3 is 1.40 bits per heavy atom. The Labute approximate surface area is 531 Å². The fourth-order valence-corrected chi connectivity index (χ4v) is 12.5. The van der Waals surface area contributed by atoms with Gasteiger partial charge >= 0.3 is 5.97 Å². The number of carbonyl (C=O) groups is 3. The van der Waals surface area contributed by atoms with E-state index >= 15 is 0 Å². The predicted molar refractivity (Wildman–Crippen MR) is 334 cm³/mol. The van der Waals surface area contributed by atoms with Gasteiger partial charge in [-0.2, -0.15) is 0 Å². The monoisotopic (exact) mass is 1280 g/mol. The molecule has 3 aliphatic heterocycles. The fourth-order valence-electron chi connectivity index (χ4n) is 12.5. The number of aliphatic carboxylic acids is 1. The Kier molecular flexibility index (Phi) is 43.3. The lowest BCUT2D eigenvalue weighted by atomic mass is 9.88. The molecule has 3 rings (SSSR count). The molecule has 3 saturated heterocycles. The summed E-state index contributed by atoms with van der Waals surface area (Å²) in [6.07, 6.45) is 13.9. The third-order valence-corrected chi connectivity index (χ3v) is 18.1. The molecular formula is C66H124N2O21. The lowest BCUT2D eigenvalue weighted by Crippen LogP contribution is -2.70. The molecule has 0 aromatic carbocycles. The van der Waals surface area contributed by atoms with E-state index in [0.717, 1.165) is 58.3 Å². The van der Waals surface area contributed by atoms with E-state index in [1.165, 1.54) is 161 Å². The van der Waals surface area contributed by atoms with Crippen molar-refractivity contribution in [2.45, 2.75) is 375 Å². The number of carbonyl (C=O) groups excluding carboxylic acids is 2. The van der Waals surface area contributed by atoms with Gasteiger partial charge in [0.1, 0.15) is 67.1 Å². The Morgan fingerprint density at radius 1 is 0.539 bits per heavy atom. The molecule has 3 fully saturated rings. The van der Waals surface area contributed by atoms with Gasteiger partial charge in [0.15, 0.2) is 12.6 Å². The van der Waals surface area contributed by atoms with Gasteiger partial charge in [-0.1, -0.05) is 232 Å². The van der Waals surface area contributed by atoms with Crippen LogP contribution < -0.4 is 10.6 Å². The number of nitrogens with one attached hydrogen (secondary N) is 2. The highest BCUT2D eigenvalue weighted by atomic mass is 16.8. The average molecular weight is 1280 g/mol. The average Bonchev–Trinajstić information content (AvgIpc) is 0.894. The summed E-state index contributed by atoms with van der Waals surface area (Å²) in [5.74, 6) is -6.09. The molecule has 23 heteroatoms. The molecule has 14 N–H and O–H groups in total. The van der Waals surface area contributed by atoms with Crippen molar-refractivity contribution in [1.29, 1.82) is 0 Å². The summed E-state index contributed by atoms with van der Waals surface area (Å²) in [5.41, 5.74) is 0. The minimum atomic E-state index is -3.08. The minimum Gasteiger partial charge on any atom is -0.477 e. The second-order valence-electron chi connectivity index (χ2n) is 25.8. The van der Waals surface area contributed by atoms with Gasteiger partial charge in [0.25, 0.3) is 5.79 Å². The van der Waals surface area contributed by atoms with Gasteiger partial charge in [-0.25, -0.2) is 4.79 Å². The number of unbranched alkanes of at least 4 members (excludes halogenated alkanes) is 33. The smallest absolute Gasteiger partial charge is 0.364 e. The fraction of sp³-hybridized carbons (Fsp3) is 0.955. The lowest BCUT2D eigenvalue weighted by Gasteiger charge is -2.50. The molecule has 3 aliphatic rings. The zero-order valence-corrected chi connectivity index (χ0v) is 54.6. The van der Waals surface area contributed by atoms with Crippen LogP contribution in [0.1, 0.15) is 265 Å². The number of ether oxygens (including phenoxy) is 6. The van der Waals surface area contributed by atoms with Gasteiger partial charge in [0.05, 0.1) is 50.7 Å². The van der Waals surface area contributed by atoms with Crippen LogP contribution in [0.4, 0.5) is 0 Å². The van der Waals surface area contributed by atoms with Crippen molar-refractivity contribution in [3.05, 3.63) is 0 Å². The SMILES string of the molecule is CCCCCCCCCCCCCCCCCCCCCCCC(O)C(COC1OC(CO)C(OC2OC(CO)C(O)C(OC3(C(=O)O)CC(O)C(NC(C)=O)C(C(O)C(O)CO)O3)C2O)C(O)C1O)NC(=O)CCCCCCCCCCCCCCCC. The number of amides is 2. The standard InChI is InChI=1S/C66H124N2O21/c1-4-6-8-10-12-14-16-18-20-21-22-23-24-25-26-27-29-31-33-35-37-39-48(73)47(68-53(76)40-38-36-34-32-30-28-19-17-15-13-11-9-7-5-2)45-84-63-58(80)57(79)60(52(44-71)86-63)87-64-59(81)62(56(78)51(43-70)85-64)89-66(65(82)83)41-49(74)54(67-46(3)72)61(88-66)55(77)50(75)42-69/h47-52,54-64,69-71,73-75,77-81H,4-45H2,1-3H3,(H,67,72)(H,68,76)(H,82,83). The summed E-state index contributed by atoms with van der Waals surface area (Å²) in [6.45, 7) is 2.22. The van der Waals surface area contributed by atoms with Crippen LogP contribution in [0.15, 0.2) is 0 Å². The minimum absolute atomic E-state index is 0.229. The predicted octanol–water partition coefficient (Wildman–Crippen LogP) is 6.12. The second kappa shape index (κ2) is 47.6. The van der Waals surface area contributed by atoms with Crippen LogP contribution in [-0.4, -0.2) is 215 Å². The molecule has 89 heavy (non-hydrogen) atoms. The van der Waals surface area contributed by atoms with E-state index in [2.05, 4.69) is 24.5 Å². The quantitative estimate of drug-likeness (QED) is 0.0305. The van der Waals surface area contributed by atoms with Gasteiger partial charge in [0, 0.05) is 19.8 Å².